The van der Waals surface area contributed by atoms with Gasteiger partial charge in [0.05, 0.1) is 12.1 Å². The van der Waals surface area contributed by atoms with E-state index < -0.39 is 0 Å². The molecular formula is C14H19NOS2. The summed E-state index contributed by atoms with van der Waals surface area (Å²) in [5, 5.41) is 17.3. The third kappa shape index (κ3) is 3.65. The average Bonchev–Trinajstić information content (AvgIpc) is 2.98. The zero-order valence-electron chi connectivity index (χ0n) is 10.7. The van der Waals surface area contributed by atoms with Crippen molar-refractivity contribution in [3.05, 3.63) is 44.8 Å². The van der Waals surface area contributed by atoms with Crippen molar-refractivity contribution in [3.63, 3.8) is 0 Å². The Morgan fingerprint density at radius 2 is 1.67 bits per heavy atom. The second kappa shape index (κ2) is 6.48. The summed E-state index contributed by atoms with van der Waals surface area (Å²) in [4.78, 5) is 2.66. The summed E-state index contributed by atoms with van der Waals surface area (Å²) in [5.74, 6) is 0. The Bertz CT molecular complexity index is 402. The van der Waals surface area contributed by atoms with Gasteiger partial charge in [-0.3, -0.25) is 0 Å². The van der Waals surface area contributed by atoms with E-state index in [0.717, 1.165) is 6.42 Å². The molecule has 2 rings (SSSR count). The van der Waals surface area contributed by atoms with Crippen LogP contribution in [-0.2, 0) is 0 Å². The number of hydrogen-bond donors (Lipinski definition) is 2. The van der Waals surface area contributed by atoms with Crippen LogP contribution < -0.4 is 5.32 Å². The van der Waals surface area contributed by atoms with E-state index in [4.69, 9.17) is 0 Å². The Balaban J connectivity index is 2.11. The predicted octanol–water partition coefficient (Wildman–Crippen LogP) is 3.65. The highest BCUT2D eigenvalue weighted by Crippen LogP contribution is 2.29. The van der Waals surface area contributed by atoms with Crippen LogP contribution in [-0.4, -0.2) is 17.3 Å². The quantitative estimate of drug-likeness (QED) is 0.847. The van der Waals surface area contributed by atoms with E-state index in [0.29, 0.717) is 6.04 Å². The maximum absolute atomic E-state index is 9.46. The lowest BCUT2D eigenvalue weighted by Crippen LogP contribution is -2.32. The van der Waals surface area contributed by atoms with Gasteiger partial charge in [-0.05, 0) is 43.2 Å². The van der Waals surface area contributed by atoms with Gasteiger partial charge in [0.2, 0.25) is 0 Å². The standard InChI is InChI=1S/C14H19NOS2/c1-10(9-11(2)16)15-14(12-5-3-7-17-12)13-6-4-8-18-13/h3-8,10-11,14-16H,9H2,1-2H3. The minimum atomic E-state index is -0.264. The van der Waals surface area contributed by atoms with E-state index in [1.807, 2.05) is 6.92 Å². The molecule has 0 aromatic carbocycles. The minimum Gasteiger partial charge on any atom is -0.393 e. The van der Waals surface area contributed by atoms with Gasteiger partial charge in [-0.1, -0.05) is 12.1 Å². The molecular weight excluding hydrogens is 262 g/mol. The number of aliphatic hydroxyl groups excluding tert-OH is 1. The number of rotatable bonds is 6. The molecule has 18 heavy (non-hydrogen) atoms. The monoisotopic (exact) mass is 281 g/mol. The second-order valence-electron chi connectivity index (χ2n) is 4.62. The Morgan fingerprint density at radius 1 is 1.11 bits per heavy atom. The smallest absolute Gasteiger partial charge is 0.0766 e. The number of aliphatic hydroxyl groups is 1. The number of hydrogen-bond acceptors (Lipinski definition) is 4. The molecule has 98 valence electrons. The van der Waals surface area contributed by atoms with Crippen molar-refractivity contribution < 1.29 is 5.11 Å². The minimum absolute atomic E-state index is 0.249. The molecule has 0 spiro atoms. The molecule has 2 aromatic heterocycles. The van der Waals surface area contributed by atoms with Crippen LogP contribution in [0, 0.1) is 0 Å². The Morgan fingerprint density at radius 3 is 2.06 bits per heavy atom. The third-order valence-corrected chi connectivity index (χ3v) is 4.68. The highest BCUT2D eigenvalue weighted by Gasteiger charge is 2.19. The van der Waals surface area contributed by atoms with Gasteiger partial charge in [0.25, 0.3) is 0 Å². The second-order valence-corrected chi connectivity index (χ2v) is 6.57. The highest BCUT2D eigenvalue weighted by molar-refractivity contribution is 7.11. The Hall–Kier alpha value is -0.680. The molecule has 0 saturated carbocycles. The molecule has 2 nitrogen and oxygen atoms in total. The van der Waals surface area contributed by atoms with Gasteiger partial charge >= 0.3 is 0 Å². The fraction of sp³-hybridized carbons (Fsp3) is 0.429. The maximum atomic E-state index is 9.46. The van der Waals surface area contributed by atoms with Crippen molar-refractivity contribution >= 4 is 22.7 Å². The molecule has 2 N–H and O–H groups in total. The van der Waals surface area contributed by atoms with Gasteiger partial charge in [-0.25, -0.2) is 0 Å². The molecule has 0 aliphatic heterocycles. The highest BCUT2D eigenvalue weighted by atomic mass is 32.1. The summed E-state index contributed by atoms with van der Waals surface area (Å²) in [7, 11) is 0. The first-order valence-corrected chi connectivity index (χ1v) is 7.93. The molecule has 0 aliphatic rings. The van der Waals surface area contributed by atoms with Crippen molar-refractivity contribution in [2.45, 2.75) is 38.5 Å². The zero-order valence-corrected chi connectivity index (χ0v) is 12.3. The summed E-state index contributed by atoms with van der Waals surface area (Å²) in [6.45, 7) is 3.96. The van der Waals surface area contributed by atoms with Crippen LogP contribution in [0.1, 0.15) is 36.1 Å². The van der Waals surface area contributed by atoms with Crippen molar-refractivity contribution in [1.29, 1.82) is 0 Å². The fourth-order valence-corrected chi connectivity index (χ4v) is 3.76. The topological polar surface area (TPSA) is 32.3 Å². The van der Waals surface area contributed by atoms with Crippen molar-refractivity contribution in [2.24, 2.45) is 0 Å². The summed E-state index contributed by atoms with van der Waals surface area (Å²) in [6, 6.07) is 9.04. The molecule has 4 heteroatoms. The van der Waals surface area contributed by atoms with Crippen LogP contribution in [0.3, 0.4) is 0 Å². The van der Waals surface area contributed by atoms with Crippen LogP contribution in [0.25, 0.3) is 0 Å². The molecule has 2 aromatic rings. The average molecular weight is 281 g/mol. The van der Waals surface area contributed by atoms with E-state index in [2.05, 4.69) is 47.3 Å². The number of nitrogens with one attached hydrogen (secondary N) is 1. The van der Waals surface area contributed by atoms with E-state index in [1.54, 1.807) is 22.7 Å². The maximum Gasteiger partial charge on any atom is 0.0766 e. The summed E-state index contributed by atoms with van der Waals surface area (Å²) in [6.07, 6.45) is 0.507. The van der Waals surface area contributed by atoms with Gasteiger partial charge < -0.3 is 10.4 Å². The molecule has 0 saturated heterocycles. The molecule has 0 aliphatic carbocycles. The van der Waals surface area contributed by atoms with Gasteiger partial charge in [0.15, 0.2) is 0 Å². The first-order valence-electron chi connectivity index (χ1n) is 6.17. The molecule has 2 heterocycles. The lowest BCUT2D eigenvalue weighted by Gasteiger charge is -2.22. The van der Waals surface area contributed by atoms with Crippen LogP contribution in [0.5, 0.6) is 0 Å². The van der Waals surface area contributed by atoms with Crippen LogP contribution in [0.4, 0.5) is 0 Å². The lowest BCUT2D eigenvalue weighted by atomic mass is 10.1. The SMILES string of the molecule is CC(O)CC(C)NC(c1cccs1)c1cccs1. The van der Waals surface area contributed by atoms with Gasteiger partial charge in [-0.2, -0.15) is 0 Å². The van der Waals surface area contributed by atoms with Crippen LogP contribution in [0.2, 0.25) is 0 Å². The summed E-state index contributed by atoms with van der Waals surface area (Å²) >= 11 is 3.54. The van der Waals surface area contributed by atoms with Gasteiger partial charge in [0, 0.05) is 15.8 Å². The third-order valence-electron chi connectivity index (χ3n) is 2.80. The molecule has 2 atom stereocenters. The Kier molecular flexibility index (Phi) is 4.95. The molecule has 0 amide bonds. The van der Waals surface area contributed by atoms with Gasteiger partial charge in [-0.15, -0.1) is 22.7 Å². The molecule has 2 unspecified atom stereocenters. The van der Waals surface area contributed by atoms with E-state index in [1.165, 1.54) is 9.75 Å². The summed E-state index contributed by atoms with van der Waals surface area (Å²) < 4.78 is 0. The van der Waals surface area contributed by atoms with Crippen molar-refractivity contribution in [3.8, 4) is 0 Å². The van der Waals surface area contributed by atoms with E-state index in [9.17, 15) is 5.11 Å². The largest absolute Gasteiger partial charge is 0.393 e. The van der Waals surface area contributed by atoms with E-state index in [-0.39, 0.29) is 12.1 Å². The first kappa shape index (κ1) is 13.7. The lowest BCUT2D eigenvalue weighted by molar-refractivity contribution is 0.169. The van der Waals surface area contributed by atoms with E-state index >= 15 is 0 Å². The Labute approximate surface area is 116 Å². The van der Waals surface area contributed by atoms with Gasteiger partial charge in [0.1, 0.15) is 0 Å². The fourth-order valence-electron chi connectivity index (χ4n) is 2.08. The predicted molar refractivity (Wildman–Crippen MR) is 79.4 cm³/mol. The van der Waals surface area contributed by atoms with Crippen molar-refractivity contribution in [2.75, 3.05) is 0 Å². The molecule has 0 fully saturated rings. The molecule has 0 radical (unpaired) electrons. The van der Waals surface area contributed by atoms with Crippen LogP contribution in [0.15, 0.2) is 35.0 Å². The zero-order chi connectivity index (χ0) is 13.0. The number of thiophene rings is 2. The normalized spacial score (nSPS) is 14.9. The van der Waals surface area contributed by atoms with Crippen LogP contribution >= 0.6 is 22.7 Å². The van der Waals surface area contributed by atoms with Crippen molar-refractivity contribution in [1.82, 2.24) is 5.32 Å². The first-order chi connectivity index (χ1) is 8.66. The summed E-state index contributed by atoms with van der Waals surface area (Å²) in [5.41, 5.74) is 0. The molecule has 0 bridgehead atoms.